The largest absolute Gasteiger partial charge is 0.480 e. The minimum absolute atomic E-state index is 0.187. The molecule has 0 saturated carbocycles. The molecule has 0 fully saturated rings. The first-order valence-electron chi connectivity index (χ1n) is 5.50. The molecular weight excluding hydrogens is 222 g/mol. The zero-order chi connectivity index (χ0) is 13.2. The number of carboxylic acid groups (broad SMARTS) is 2. The van der Waals surface area contributed by atoms with Gasteiger partial charge in [0.1, 0.15) is 6.04 Å². The summed E-state index contributed by atoms with van der Waals surface area (Å²) < 4.78 is 1.52. The summed E-state index contributed by atoms with van der Waals surface area (Å²) in [5.74, 6) is -1.72. The topological polar surface area (TPSA) is 79.5 Å². The molecule has 0 bridgehead atoms. The van der Waals surface area contributed by atoms with Crippen LogP contribution in [0.25, 0.3) is 0 Å². The lowest BCUT2D eigenvalue weighted by atomic mass is 10.0. The molecule has 0 aromatic carbocycles. The van der Waals surface area contributed by atoms with Crippen molar-refractivity contribution in [1.82, 2.24) is 4.57 Å². The van der Waals surface area contributed by atoms with Crippen molar-refractivity contribution in [2.24, 2.45) is 5.92 Å². The van der Waals surface area contributed by atoms with Crippen LogP contribution in [0.2, 0.25) is 0 Å². The third kappa shape index (κ3) is 2.87. The Kier molecular flexibility index (Phi) is 3.93. The molecule has 5 heteroatoms. The van der Waals surface area contributed by atoms with Gasteiger partial charge in [0.25, 0.3) is 0 Å². The van der Waals surface area contributed by atoms with E-state index in [9.17, 15) is 9.59 Å². The van der Waals surface area contributed by atoms with Crippen molar-refractivity contribution in [3.8, 4) is 0 Å². The van der Waals surface area contributed by atoms with Gasteiger partial charge in [-0.1, -0.05) is 13.8 Å². The maximum atomic E-state index is 11.0. The van der Waals surface area contributed by atoms with Gasteiger partial charge in [-0.15, -0.1) is 0 Å². The van der Waals surface area contributed by atoms with Gasteiger partial charge in [0, 0.05) is 11.9 Å². The average Bonchev–Trinajstić information content (AvgIpc) is 2.59. The number of carbonyl (C=O) groups is 2. The van der Waals surface area contributed by atoms with E-state index in [0.717, 1.165) is 0 Å². The van der Waals surface area contributed by atoms with E-state index in [1.165, 1.54) is 23.8 Å². The van der Waals surface area contributed by atoms with Crippen LogP contribution < -0.4 is 0 Å². The number of rotatable bonds is 5. The molecule has 1 aromatic heterocycles. The molecule has 0 aliphatic rings. The van der Waals surface area contributed by atoms with Crippen molar-refractivity contribution < 1.29 is 19.8 Å². The van der Waals surface area contributed by atoms with Crippen molar-refractivity contribution in [2.75, 3.05) is 0 Å². The molecule has 0 amide bonds. The molecule has 2 N–H and O–H groups in total. The number of aliphatic carboxylic acids is 1. The van der Waals surface area contributed by atoms with Crippen LogP contribution in [0.4, 0.5) is 0 Å². The normalized spacial score (nSPS) is 12.7. The van der Waals surface area contributed by atoms with E-state index in [4.69, 9.17) is 10.2 Å². The summed E-state index contributed by atoms with van der Waals surface area (Å²) in [4.78, 5) is 22.0. The maximum Gasteiger partial charge on any atom is 0.337 e. The van der Waals surface area contributed by atoms with E-state index in [1.807, 2.05) is 13.8 Å². The molecule has 0 radical (unpaired) electrons. The Labute approximate surface area is 99.7 Å². The van der Waals surface area contributed by atoms with Crippen LogP contribution in [0.15, 0.2) is 12.3 Å². The Balaban J connectivity index is 3.22. The highest BCUT2D eigenvalue weighted by Gasteiger charge is 2.22. The summed E-state index contributed by atoms with van der Waals surface area (Å²) in [7, 11) is 0. The van der Waals surface area contributed by atoms with Crippen molar-refractivity contribution in [3.63, 3.8) is 0 Å². The van der Waals surface area contributed by atoms with Gasteiger partial charge >= 0.3 is 11.9 Å². The summed E-state index contributed by atoms with van der Waals surface area (Å²) in [5, 5.41) is 18.0. The molecule has 0 aliphatic heterocycles. The molecule has 0 spiro atoms. The second-order valence-electron chi connectivity index (χ2n) is 4.50. The third-order valence-corrected chi connectivity index (χ3v) is 2.63. The van der Waals surface area contributed by atoms with Gasteiger partial charge < -0.3 is 14.8 Å². The van der Waals surface area contributed by atoms with Crippen molar-refractivity contribution >= 4 is 11.9 Å². The fraction of sp³-hybridized carbons (Fsp3) is 0.500. The second kappa shape index (κ2) is 5.03. The molecule has 1 heterocycles. The number of aromatic nitrogens is 1. The van der Waals surface area contributed by atoms with E-state index in [2.05, 4.69) is 0 Å². The summed E-state index contributed by atoms with van der Waals surface area (Å²) in [6, 6.07) is 0.705. The van der Waals surface area contributed by atoms with E-state index in [-0.39, 0.29) is 11.5 Å². The van der Waals surface area contributed by atoms with Crippen molar-refractivity contribution in [3.05, 3.63) is 23.5 Å². The lowest BCUT2D eigenvalue weighted by Crippen LogP contribution is -2.19. The molecule has 0 aliphatic carbocycles. The first kappa shape index (κ1) is 13.3. The number of aromatic carboxylic acids is 1. The predicted octanol–water partition coefficient (Wildman–Crippen LogP) is 2.03. The summed E-state index contributed by atoms with van der Waals surface area (Å²) in [6.07, 6.45) is 2.08. The Bertz CT molecular complexity index is 434. The maximum absolute atomic E-state index is 11.0. The molecule has 94 valence electrons. The standard InChI is InChI=1S/C12H17NO4/c1-7(2)6-10-9(12(16)17)4-5-13(10)8(3)11(14)15/h4-5,7-8H,6H2,1-3H3,(H,14,15)(H,16,17). The Morgan fingerprint density at radius 3 is 2.29 bits per heavy atom. The quantitative estimate of drug-likeness (QED) is 0.823. The minimum atomic E-state index is -1.02. The fourth-order valence-corrected chi connectivity index (χ4v) is 1.76. The molecule has 0 saturated heterocycles. The molecule has 5 nitrogen and oxygen atoms in total. The first-order chi connectivity index (χ1) is 7.84. The molecule has 1 atom stereocenters. The van der Waals surface area contributed by atoms with Gasteiger partial charge in [-0.25, -0.2) is 9.59 Å². The second-order valence-corrected chi connectivity index (χ2v) is 4.50. The van der Waals surface area contributed by atoms with E-state index >= 15 is 0 Å². The molecule has 1 aromatic rings. The van der Waals surface area contributed by atoms with E-state index in [0.29, 0.717) is 12.1 Å². The van der Waals surface area contributed by atoms with Gasteiger partial charge in [-0.2, -0.15) is 0 Å². The van der Waals surface area contributed by atoms with Gasteiger partial charge in [0.2, 0.25) is 0 Å². The summed E-state index contributed by atoms with van der Waals surface area (Å²) in [6.45, 7) is 5.47. The van der Waals surface area contributed by atoms with E-state index < -0.39 is 18.0 Å². The first-order valence-corrected chi connectivity index (χ1v) is 5.50. The van der Waals surface area contributed by atoms with Crippen LogP contribution in [0, 0.1) is 5.92 Å². The number of nitrogens with zero attached hydrogens (tertiary/aromatic N) is 1. The monoisotopic (exact) mass is 239 g/mol. The summed E-state index contributed by atoms with van der Waals surface area (Å²) >= 11 is 0. The van der Waals surface area contributed by atoms with Gasteiger partial charge in [0.15, 0.2) is 0 Å². The summed E-state index contributed by atoms with van der Waals surface area (Å²) in [5.41, 5.74) is 0.759. The average molecular weight is 239 g/mol. The number of carboxylic acids is 2. The molecular formula is C12H17NO4. The van der Waals surface area contributed by atoms with Crippen molar-refractivity contribution in [2.45, 2.75) is 33.2 Å². The fourth-order valence-electron chi connectivity index (χ4n) is 1.76. The van der Waals surface area contributed by atoms with Crippen LogP contribution in [0.1, 0.15) is 42.9 Å². The molecule has 1 rings (SSSR count). The zero-order valence-electron chi connectivity index (χ0n) is 10.2. The number of hydrogen-bond acceptors (Lipinski definition) is 2. The van der Waals surface area contributed by atoms with Crippen LogP contribution in [-0.4, -0.2) is 26.7 Å². The lowest BCUT2D eigenvalue weighted by molar-refractivity contribution is -0.140. The SMILES string of the molecule is CC(C)Cc1c(C(=O)O)ccn1C(C)C(=O)O. The molecule has 1 unspecified atom stereocenters. The Morgan fingerprint density at radius 1 is 1.29 bits per heavy atom. The Morgan fingerprint density at radius 2 is 1.88 bits per heavy atom. The highest BCUT2D eigenvalue weighted by atomic mass is 16.4. The van der Waals surface area contributed by atoms with Crippen molar-refractivity contribution in [1.29, 1.82) is 0 Å². The predicted molar refractivity (Wildman–Crippen MR) is 62.3 cm³/mol. The third-order valence-electron chi connectivity index (χ3n) is 2.63. The van der Waals surface area contributed by atoms with Gasteiger partial charge in [-0.05, 0) is 25.3 Å². The van der Waals surface area contributed by atoms with Crippen LogP contribution in [0.5, 0.6) is 0 Å². The van der Waals surface area contributed by atoms with Gasteiger partial charge in [0.05, 0.1) is 5.56 Å². The van der Waals surface area contributed by atoms with Crippen LogP contribution in [0.3, 0.4) is 0 Å². The van der Waals surface area contributed by atoms with E-state index in [1.54, 1.807) is 0 Å². The highest BCUT2D eigenvalue weighted by Crippen LogP contribution is 2.20. The van der Waals surface area contributed by atoms with Gasteiger partial charge in [-0.3, -0.25) is 0 Å². The smallest absolute Gasteiger partial charge is 0.337 e. The zero-order valence-corrected chi connectivity index (χ0v) is 10.2. The Hall–Kier alpha value is -1.78. The number of hydrogen-bond donors (Lipinski definition) is 2. The van der Waals surface area contributed by atoms with Crippen LogP contribution >= 0.6 is 0 Å². The molecule has 17 heavy (non-hydrogen) atoms. The lowest BCUT2D eigenvalue weighted by Gasteiger charge is -2.15. The minimum Gasteiger partial charge on any atom is -0.480 e. The highest BCUT2D eigenvalue weighted by molar-refractivity contribution is 5.89. The van der Waals surface area contributed by atoms with Crippen LogP contribution in [-0.2, 0) is 11.2 Å².